The number of rotatable bonds is 6. The Morgan fingerprint density at radius 2 is 2.00 bits per heavy atom. The molecule has 0 bridgehead atoms. The highest BCUT2D eigenvalue weighted by atomic mass is 79.9. The summed E-state index contributed by atoms with van der Waals surface area (Å²) in [6.45, 7) is 6.87. The first-order valence-corrected chi connectivity index (χ1v) is 7.07. The van der Waals surface area contributed by atoms with Gasteiger partial charge in [0.25, 0.3) is 0 Å². The van der Waals surface area contributed by atoms with Crippen molar-refractivity contribution in [2.75, 3.05) is 18.5 Å². The molecule has 0 unspecified atom stereocenters. The van der Waals surface area contributed by atoms with E-state index in [-0.39, 0.29) is 11.4 Å². The molecule has 0 aliphatic rings. The predicted octanol–water partition coefficient (Wildman–Crippen LogP) is 3.66. The second kappa shape index (κ2) is 6.78. The Labute approximate surface area is 117 Å². The molecule has 0 heterocycles. The van der Waals surface area contributed by atoms with Crippen molar-refractivity contribution in [1.29, 1.82) is 0 Å². The third-order valence-corrected chi connectivity index (χ3v) is 3.88. The van der Waals surface area contributed by atoms with Gasteiger partial charge in [0.15, 0.2) is 0 Å². The van der Waals surface area contributed by atoms with Crippen LogP contribution in [0.2, 0.25) is 0 Å². The molecule has 0 spiro atoms. The highest BCUT2D eigenvalue weighted by Gasteiger charge is 2.19. The Morgan fingerprint density at radius 3 is 2.61 bits per heavy atom. The maximum absolute atomic E-state index is 11.7. The van der Waals surface area contributed by atoms with E-state index in [1.807, 2.05) is 6.07 Å². The molecular weight excluding hydrogens is 296 g/mol. The maximum atomic E-state index is 11.7. The molecule has 0 aliphatic carbocycles. The third-order valence-electron chi connectivity index (χ3n) is 2.36. The van der Waals surface area contributed by atoms with E-state index in [9.17, 15) is 4.79 Å². The van der Waals surface area contributed by atoms with Gasteiger partial charge in [-0.05, 0) is 19.1 Å². The summed E-state index contributed by atoms with van der Waals surface area (Å²) in [4.78, 5) is 11.7. The number of halogens is 1. The number of carbonyl (C=O) groups excluding carboxylic acids is 1. The van der Waals surface area contributed by atoms with Crippen LogP contribution in [0, 0.1) is 5.41 Å². The molecule has 1 rings (SSSR count). The Balaban J connectivity index is 2.79. The zero-order valence-corrected chi connectivity index (χ0v) is 12.6. The van der Waals surface area contributed by atoms with E-state index in [2.05, 4.69) is 29.8 Å². The summed E-state index contributed by atoms with van der Waals surface area (Å²) in [6, 6.07) is 7.15. The summed E-state index contributed by atoms with van der Waals surface area (Å²) < 4.78 is 10.7. The SMILES string of the molecule is CCOC(=O)c1ccccc1OCC(C)(C)CBr. The number of hydrogen-bond donors (Lipinski definition) is 0. The van der Waals surface area contributed by atoms with Crippen LogP contribution < -0.4 is 4.74 Å². The Hall–Kier alpha value is -1.03. The van der Waals surface area contributed by atoms with Crippen LogP contribution in [0.5, 0.6) is 5.75 Å². The summed E-state index contributed by atoms with van der Waals surface area (Å²) in [5.74, 6) is 0.231. The Bertz CT molecular complexity index is 402. The van der Waals surface area contributed by atoms with E-state index in [0.717, 1.165) is 5.33 Å². The molecule has 0 fully saturated rings. The lowest BCUT2D eigenvalue weighted by atomic mass is 9.98. The fraction of sp³-hybridized carbons (Fsp3) is 0.500. The summed E-state index contributed by atoms with van der Waals surface area (Å²) >= 11 is 3.45. The number of para-hydroxylation sites is 1. The number of ether oxygens (including phenoxy) is 2. The van der Waals surface area contributed by atoms with Crippen LogP contribution in [0.3, 0.4) is 0 Å². The van der Waals surface area contributed by atoms with Gasteiger partial charge in [0.05, 0.1) is 13.2 Å². The van der Waals surface area contributed by atoms with Gasteiger partial charge in [-0.25, -0.2) is 4.79 Å². The molecule has 0 aromatic heterocycles. The standard InChI is InChI=1S/C14H19BrO3/c1-4-17-13(16)11-7-5-6-8-12(11)18-10-14(2,3)9-15/h5-8H,4,9-10H2,1-3H3. The lowest BCUT2D eigenvalue weighted by Crippen LogP contribution is -2.23. The molecule has 0 aliphatic heterocycles. The van der Waals surface area contributed by atoms with Crippen LogP contribution in [-0.2, 0) is 4.74 Å². The number of hydrogen-bond acceptors (Lipinski definition) is 3. The average Bonchev–Trinajstić information content (AvgIpc) is 2.37. The molecule has 3 nitrogen and oxygen atoms in total. The van der Waals surface area contributed by atoms with Gasteiger partial charge in [0.2, 0.25) is 0 Å². The largest absolute Gasteiger partial charge is 0.492 e. The topological polar surface area (TPSA) is 35.5 Å². The van der Waals surface area contributed by atoms with Crippen LogP contribution in [0.25, 0.3) is 0 Å². The van der Waals surface area contributed by atoms with Crippen molar-refractivity contribution >= 4 is 21.9 Å². The van der Waals surface area contributed by atoms with Crippen LogP contribution in [0.15, 0.2) is 24.3 Å². The van der Waals surface area contributed by atoms with Crippen molar-refractivity contribution in [3.63, 3.8) is 0 Å². The van der Waals surface area contributed by atoms with Crippen LogP contribution in [0.1, 0.15) is 31.1 Å². The van der Waals surface area contributed by atoms with Gasteiger partial charge in [0.1, 0.15) is 11.3 Å². The molecule has 4 heteroatoms. The van der Waals surface area contributed by atoms with E-state index in [0.29, 0.717) is 24.5 Å². The molecular formula is C14H19BrO3. The molecule has 0 saturated heterocycles. The van der Waals surface area contributed by atoms with Crippen molar-refractivity contribution < 1.29 is 14.3 Å². The van der Waals surface area contributed by atoms with E-state index in [4.69, 9.17) is 9.47 Å². The minimum Gasteiger partial charge on any atom is -0.492 e. The van der Waals surface area contributed by atoms with E-state index < -0.39 is 0 Å². The molecule has 100 valence electrons. The smallest absolute Gasteiger partial charge is 0.341 e. The van der Waals surface area contributed by atoms with Crippen LogP contribution >= 0.6 is 15.9 Å². The number of carbonyl (C=O) groups is 1. The number of esters is 1. The minimum atomic E-state index is -0.343. The van der Waals surface area contributed by atoms with Gasteiger partial charge in [-0.15, -0.1) is 0 Å². The Morgan fingerprint density at radius 1 is 1.33 bits per heavy atom. The molecule has 0 radical (unpaired) electrons. The number of alkyl halides is 1. The molecule has 0 atom stereocenters. The first kappa shape index (κ1) is 15.0. The second-order valence-corrected chi connectivity index (χ2v) is 5.36. The highest BCUT2D eigenvalue weighted by molar-refractivity contribution is 9.09. The monoisotopic (exact) mass is 314 g/mol. The number of benzene rings is 1. The van der Waals surface area contributed by atoms with Crippen molar-refractivity contribution in [3.05, 3.63) is 29.8 Å². The van der Waals surface area contributed by atoms with E-state index >= 15 is 0 Å². The van der Waals surface area contributed by atoms with Crippen LogP contribution in [0.4, 0.5) is 0 Å². The quantitative estimate of drug-likeness (QED) is 0.593. The summed E-state index contributed by atoms with van der Waals surface area (Å²) in [5, 5.41) is 0.835. The summed E-state index contributed by atoms with van der Waals surface area (Å²) in [6.07, 6.45) is 0. The van der Waals surface area contributed by atoms with Crippen molar-refractivity contribution in [2.45, 2.75) is 20.8 Å². The predicted molar refractivity (Wildman–Crippen MR) is 75.5 cm³/mol. The van der Waals surface area contributed by atoms with Gasteiger partial charge < -0.3 is 9.47 Å². The zero-order valence-electron chi connectivity index (χ0n) is 11.0. The maximum Gasteiger partial charge on any atom is 0.341 e. The highest BCUT2D eigenvalue weighted by Crippen LogP contribution is 2.24. The minimum absolute atomic E-state index is 0.0156. The third kappa shape index (κ3) is 4.33. The zero-order chi connectivity index (χ0) is 13.6. The van der Waals surface area contributed by atoms with Gasteiger partial charge in [-0.1, -0.05) is 41.9 Å². The molecule has 18 heavy (non-hydrogen) atoms. The fourth-order valence-corrected chi connectivity index (χ4v) is 1.44. The van der Waals surface area contributed by atoms with Crippen molar-refractivity contribution in [1.82, 2.24) is 0 Å². The van der Waals surface area contributed by atoms with Crippen molar-refractivity contribution in [2.24, 2.45) is 5.41 Å². The average molecular weight is 315 g/mol. The first-order valence-electron chi connectivity index (χ1n) is 5.95. The molecule has 0 N–H and O–H groups in total. The summed E-state index contributed by atoms with van der Waals surface area (Å²) in [5.41, 5.74) is 0.492. The van der Waals surface area contributed by atoms with Crippen molar-refractivity contribution in [3.8, 4) is 5.75 Å². The molecule has 0 saturated carbocycles. The van der Waals surface area contributed by atoms with Gasteiger partial charge in [0, 0.05) is 10.7 Å². The fourth-order valence-electron chi connectivity index (χ4n) is 1.28. The first-order chi connectivity index (χ1) is 8.50. The molecule has 0 amide bonds. The Kier molecular flexibility index (Phi) is 5.66. The second-order valence-electron chi connectivity index (χ2n) is 4.80. The van der Waals surface area contributed by atoms with Gasteiger partial charge >= 0.3 is 5.97 Å². The van der Waals surface area contributed by atoms with Gasteiger partial charge in [-0.2, -0.15) is 0 Å². The lowest BCUT2D eigenvalue weighted by Gasteiger charge is -2.22. The lowest BCUT2D eigenvalue weighted by molar-refractivity contribution is 0.0519. The van der Waals surface area contributed by atoms with Gasteiger partial charge in [-0.3, -0.25) is 0 Å². The molecule has 1 aromatic carbocycles. The summed E-state index contributed by atoms with van der Waals surface area (Å²) in [7, 11) is 0. The van der Waals surface area contributed by atoms with Crippen LogP contribution in [-0.4, -0.2) is 24.5 Å². The molecule has 1 aromatic rings. The van der Waals surface area contributed by atoms with E-state index in [1.165, 1.54) is 0 Å². The van der Waals surface area contributed by atoms with E-state index in [1.54, 1.807) is 25.1 Å². The normalized spacial score (nSPS) is 11.1.